The third-order valence-electron chi connectivity index (χ3n) is 4.47. The van der Waals surface area contributed by atoms with Gasteiger partial charge in [0.15, 0.2) is 0 Å². The first-order chi connectivity index (χ1) is 9.31. The second kappa shape index (κ2) is 5.99. The highest BCUT2D eigenvalue weighted by Crippen LogP contribution is 2.21. The van der Waals surface area contributed by atoms with Gasteiger partial charge in [-0.2, -0.15) is 0 Å². The smallest absolute Gasteiger partial charge is 0.0312 e. The zero-order valence-corrected chi connectivity index (χ0v) is 11.5. The van der Waals surface area contributed by atoms with E-state index in [1.165, 1.54) is 51.0 Å². The number of likely N-dealkylation sites (tertiary alicyclic amines) is 2. The predicted molar refractivity (Wildman–Crippen MR) is 76.7 cm³/mol. The molecule has 1 atom stereocenters. The highest BCUT2D eigenvalue weighted by atomic mass is 15.3. The monoisotopic (exact) mass is 260 g/mol. The lowest BCUT2D eigenvalue weighted by Crippen LogP contribution is -2.46. The van der Waals surface area contributed by atoms with Crippen LogP contribution < -0.4 is 5.73 Å². The SMILES string of the molecule is NC1CCN(C2CCN(Cc3cccnc3)C2)CC1. The number of hydrogen-bond acceptors (Lipinski definition) is 4. The molecule has 104 valence electrons. The highest BCUT2D eigenvalue weighted by Gasteiger charge is 2.29. The molecular formula is C15H24N4. The largest absolute Gasteiger partial charge is 0.328 e. The predicted octanol–water partition coefficient (Wildman–Crippen LogP) is 1.08. The molecule has 19 heavy (non-hydrogen) atoms. The van der Waals surface area contributed by atoms with Crippen LogP contribution >= 0.6 is 0 Å². The van der Waals surface area contributed by atoms with Crippen LogP contribution in [0.4, 0.5) is 0 Å². The summed E-state index contributed by atoms with van der Waals surface area (Å²) in [6.45, 7) is 5.82. The zero-order valence-electron chi connectivity index (χ0n) is 11.5. The van der Waals surface area contributed by atoms with Crippen LogP contribution in [0, 0.1) is 0 Å². The minimum Gasteiger partial charge on any atom is -0.328 e. The van der Waals surface area contributed by atoms with Gasteiger partial charge in [-0.05, 0) is 44.0 Å². The number of piperidine rings is 1. The number of aromatic nitrogens is 1. The summed E-state index contributed by atoms with van der Waals surface area (Å²) in [6.07, 6.45) is 7.45. The minimum absolute atomic E-state index is 0.434. The molecule has 1 aromatic rings. The van der Waals surface area contributed by atoms with Crippen molar-refractivity contribution in [2.75, 3.05) is 26.2 Å². The van der Waals surface area contributed by atoms with E-state index in [1.807, 2.05) is 18.5 Å². The van der Waals surface area contributed by atoms with Crippen molar-refractivity contribution >= 4 is 0 Å². The van der Waals surface area contributed by atoms with E-state index in [2.05, 4.69) is 20.9 Å². The molecule has 0 spiro atoms. The van der Waals surface area contributed by atoms with Gasteiger partial charge in [0.2, 0.25) is 0 Å². The maximum absolute atomic E-state index is 5.98. The third kappa shape index (κ3) is 3.32. The summed E-state index contributed by atoms with van der Waals surface area (Å²) in [5, 5.41) is 0. The number of hydrogen-bond donors (Lipinski definition) is 1. The minimum atomic E-state index is 0.434. The van der Waals surface area contributed by atoms with E-state index in [0.29, 0.717) is 6.04 Å². The summed E-state index contributed by atoms with van der Waals surface area (Å²) >= 11 is 0. The molecule has 0 radical (unpaired) electrons. The van der Waals surface area contributed by atoms with E-state index >= 15 is 0 Å². The molecule has 2 fully saturated rings. The maximum Gasteiger partial charge on any atom is 0.0312 e. The first-order valence-corrected chi connectivity index (χ1v) is 7.42. The van der Waals surface area contributed by atoms with E-state index in [1.54, 1.807) is 0 Å². The van der Waals surface area contributed by atoms with E-state index in [4.69, 9.17) is 5.73 Å². The van der Waals surface area contributed by atoms with Gasteiger partial charge < -0.3 is 5.73 Å². The number of rotatable bonds is 3. The first kappa shape index (κ1) is 13.0. The molecule has 0 aliphatic carbocycles. The lowest BCUT2D eigenvalue weighted by molar-refractivity contribution is 0.151. The van der Waals surface area contributed by atoms with Gasteiger partial charge in [-0.1, -0.05) is 6.07 Å². The highest BCUT2D eigenvalue weighted by molar-refractivity contribution is 5.08. The molecule has 2 aliphatic rings. The van der Waals surface area contributed by atoms with Crippen molar-refractivity contribution in [1.29, 1.82) is 0 Å². The second-order valence-corrected chi connectivity index (χ2v) is 5.91. The summed E-state index contributed by atoms with van der Waals surface area (Å²) in [6, 6.07) is 5.36. The lowest BCUT2D eigenvalue weighted by atomic mass is 10.0. The summed E-state index contributed by atoms with van der Waals surface area (Å²) < 4.78 is 0. The van der Waals surface area contributed by atoms with Gasteiger partial charge in [-0.3, -0.25) is 14.8 Å². The number of pyridine rings is 1. The first-order valence-electron chi connectivity index (χ1n) is 7.42. The number of nitrogens with two attached hydrogens (primary N) is 1. The Morgan fingerprint density at radius 3 is 2.79 bits per heavy atom. The average Bonchev–Trinajstić information content (AvgIpc) is 2.89. The molecule has 1 unspecified atom stereocenters. The van der Waals surface area contributed by atoms with Crippen LogP contribution in [0.3, 0.4) is 0 Å². The van der Waals surface area contributed by atoms with Crippen molar-refractivity contribution in [2.24, 2.45) is 5.73 Å². The van der Waals surface area contributed by atoms with Gasteiger partial charge in [-0.25, -0.2) is 0 Å². The Morgan fingerprint density at radius 1 is 1.21 bits per heavy atom. The van der Waals surface area contributed by atoms with Crippen molar-refractivity contribution in [3.05, 3.63) is 30.1 Å². The fraction of sp³-hybridized carbons (Fsp3) is 0.667. The van der Waals surface area contributed by atoms with Gasteiger partial charge in [0.1, 0.15) is 0 Å². The van der Waals surface area contributed by atoms with Gasteiger partial charge in [0.05, 0.1) is 0 Å². The van der Waals surface area contributed by atoms with E-state index in [9.17, 15) is 0 Å². The molecule has 0 saturated carbocycles. The molecule has 3 heterocycles. The van der Waals surface area contributed by atoms with E-state index < -0.39 is 0 Å². The topological polar surface area (TPSA) is 45.4 Å². The standard InChI is InChI=1S/C15H24N4/c16-14-3-8-19(9-4-14)15-5-7-18(12-15)11-13-2-1-6-17-10-13/h1-2,6,10,14-15H,3-5,7-9,11-12,16H2. The molecule has 0 amide bonds. The Morgan fingerprint density at radius 2 is 2.05 bits per heavy atom. The van der Waals surface area contributed by atoms with Crippen LogP contribution in [0.25, 0.3) is 0 Å². The van der Waals surface area contributed by atoms with Gasteiger partial charge >= 0.3 is 0 Å². The van der Waals surface area contributed by atoms with E-state index in [0.717, 1.165) is 12.6 Å². The van der Waals surface area contributed by atoms with Crippen LogP contribution in [0.2, 0.25) is 0 Å². The maximum atomic E-state index is 5.98. The van der Waals surface area contributed by atoms with Crippen LogP contribution in [0.1, 0.15) is 24.8 Å². The normalized spacial score (nSPS) is 26.9. The fourth-order valence-corrected chi connectivity index (χ4v) is 3.29. The number of nitrogens with zero attached hydrogens (tertiary/aromatic N) is 3. The summed E-state index contributed by atoms with van der Waals surface area (Å²) in [7, 11) is 0. The van der Waals surface area contributed by atoms with Crippen LogP contribution in [0.15, 0.2) is 24.5 Å². The molecule has 4 heteroatoms. The molecule has 2 aliphatic heterocycles. The third-order valence-corrected chi connectivity index (χ3v) is 4.47. The Labute approximate surface area is 115 Å². The molecule has 3 rings (SSSR count). The van der Waals surface area contributed by atoms with Crippen molar-refractivity contribution in [1.82, 2.24) is 14.8 Å². The zero-order chi connectivity index (χ0) is 13.1. The van der Waals surface area contributed by atoms with Crippen molar-refractivity contribution in [2.45, 2.75) is 37.9 Å². The van der Waals surface area contributed by atoms with Crippen molar-refractivity contribution in [3.8, 4) is 0 Å². The van der Waals surface area contributed by atoms with Crippen LogP contribution in [0.5, 0.6) is 0 Å². The van der Waals surface area contributed by atoms with Crippen molar-refractivity contribution in [3.63, 3.8) is 0 Å². The Hall–Kier alpha value is -0.970. The molecule has 2 N–H and O–H groups in total. The molecule has 2 saturated heterocycles. The molecular weight excluding hydrogens is 236 g/mol. The molecule has 1 aromatic heterocycles. The van der Waals surface area contributed by atoms with E-state index in [-0.39, 0.29) is 0 Å². The molecule has 0 aromatic carbocycles. The van der Waals surface area contributed by atoms with Crippen LogP contribution in [-0.4, -0.2) is 53.0 Å². The average molecular weight is 260 g/mol. The van der Waals surface area contributed by atoms with Crippen LogP contribution in [-0.2, 0) is 6.54 Å². The summed E-state index contributed by atoms with van der Waals surface area (Å²) in [5.74, 6) is 0. The summed E-state index contributed by atoms with van der Waals surface area (Å²) in [5.41, 5.74) is 7.30. The lowest BCUT2D eigenvalue weighted by Gasteiger charge is -2.34. The van der Waals surface area contributed by atoms with Crippen molar-refractivity contribution < 1.29 is 0 Å². The summed E-state index contributed by atoms with van der Waals surface area (Å²) in [4.78, 5) is 9.39. The van der Waals surface area contributed by atoms with Gasteiger partial charge in [-0.15, -0.1) is 0 Å². The quantitative estimate of drug-likeness (QED) is 0.883. The molecule has 0 bridgehead atoms. The Balaban J connectivity index is 1.50. The van der Waals surface area contributed by atoms with Gasteiger partial charge in [0.25, 0.3) is 0 Å². The second-order valence-electron chi connectivity index (χ2n) is 5.91. The Kier molecular flexibility index (Phi) is 4.11. The molecule has 4 nitrogen and oxygen atoms in total. The Bertz CT molecular complexity index is 386. The van der Waals surface area contributed by atoms with Gasteiger partial charge in [0, 0.05) is 44.1 Å². The fourth-order valence-electron chi connectivity index (χ4n) is 3.29.